The van der Waals surface area contributed by atoms with Crippen LogP contribution >= 0.6 is 12.2 Å². The first-order chi connectivity index (χ1) is 7.08. The fourth-order valence-electron chi connectivity index (χ4n) is 1.39. The first-order valence-electron chi connectivity index (χ1n) is 4.21. The Bertz CT molecular complexity index is 547. The van der Waals surface area contributed by atoms with Crippen molar-refractivity contribution >= 4 is 23.3 Å². The van der Waals surface area contributed by atoms with Crippen LogP contribution in [0.3, 0.4) is 0 Å². The molecule has 0 aliphatic heterocycles. The fourth-order valence-corrected chi connectivity index (χ4v) is 1.60. The third-order valence-electron chi connectivity index (χ3n) is 2.10. The molecule has 0 aliphatic carbocycles. The van der Waals surface area contributed by atoms with Gasteiger partial charge in [0.05, 0.1) is 11.0 Å². The minimum Gasteiger partial charge on any atom is -0.435 e. The fraction of sp³-hybridized carbons (Fsp3) is 0.222. The number of halogens is 2. The van der Waals surface area contributed by atoms with Crippen molar-refractivity contribution in [1.29, 1.82) is 0 Å². The summed E-state index contributed by atoms with van der Waals surface area (Å²) >= 11 is 5.00. The normalized spacial score (nSPS) is 11.2. The van der Waals surface area contributed by atoms with E-state index in [4.69, 9.17) is 12.2 Å². The van der Waals surface area contributed by atoms with Gasteiger partial charge in [-0.25, -0.2) is 0 Å². The van der Waals surface area contributed by atoms with E-state index in [0.717, 1.165) is 5.52 Å². The quantitative estimate of drug-likeness (QED) is 0.804. The van der Waals surface area contributed by atoms with Gasteiger partial charge in [-0.05, 0) is 24.4 Å². The van der Waals surface area contributed by atoms with E-state index in [-0.39, 0.29) is 5.75 Å². The molecule has 0 amide bonds. The molecule has 0 saturated carbocycles. The van der Waals surface area contributed by atoms with Gasteiger partial charge in [0, 0.05) is 13.1 Å². The highest BCUT2D eigenvalue weighted by Crippen LogP contribution is 2.21. The van der Waals surface area contributed by atoms with Crippen molar-refractivity contribution in [2.45, 2.75) is 6.61 Å². The van der Waals surface area contributed by atoms with Gasteiger partial charge >= 0.3 is 6.61 Å². The molecule has 0 bridgehead atoms. The van der Waals surface area contributed by atoms with Crippen LogP contribution in [0.25, 0.3) is 11.0 Å². The monoisotopic (exact) mass is 230 g/mol. The maximum Gasteiger partial charge on any atom is 0.387 e. The lowest BCUT2D eigenvalue weighted by Gasteiger charge is -2.03. The standard InChI is InChI=1S/C9H8F2N2OS/c1-13-7-3-2-5(14-8(10)11)4-6(7)12-9(13)15/h2-4,8H,1H3,(H,12,15). The van der Waals surface area contributed by atoms with Gasteiger partial charge in [-0.3, -0.25) is 0 Å². The van der Waals surface area contributed by atoms with Gasteiger partial charge in [-0.1, -0.05) is 0 Å². The van der Waals surface area contributed by atoms with E-state index in [9.17, 15) is 8.78 Å². The van der Waals surface area contributed by atoms with Gasteiger partial charge in [-0.15, -0.1) is 0 Å². The second-order valence-electron chi connectivity index (χ2n) is 3.05. The van der Waals surface area contributed by atoms with Crippen molar-refractivity contribution in [2.75, 3.05) is 0 Å². The highest BCUT2D eigenvalue weighted by Gasteiger charge is 2.06. The number of nitrogens with zero attached hydrogens (tertiary/aromatic N) is 1. The Balaban J connectivity index is 2.52. The van der Waals surface area contributed by atoms with Crippen LogP contribution in [-0.2, 0) is 7.05 Å². The Labute approximate surface area is 89.3 Å². The highest BCUT2D eigenvalue weighted by molar-refractivity contribution is 7.71. The molecule has 0 atom stereocenters. The van der Waals surface area contributed by atoms with Gasteiger partial charge in [0.2, 0.25) is 0 Å². The van der Waals surface area contributed by atoms with Crippen LogP contribution in [0, 0.1) is 4.77 Å². The second-order valence-corrected chi connectivity index (χ2v) is 3.43. The maximum atomic E-state index is 11.9. The molecule has 0 radical (unpaired) electrons. The summed E-state index contributed by atoms with van der Waals surface area (Å²) in [4.78, 5) is 2.89. The average molecular weight is 230 g/mol. The largest absolute Gasteiger partial charge is 0.435 e. The summed E-state index contributed by atoms with van der Waals surface area (Å²) in [5.41, 5.74) is 1.53. The molecule has 3 nitrogen and oxygen atoms in total. The smallest absolute Gasteiger partial charge is 0.387 e. The number of H-pyrrole nitrogens is 1. The van der Waals surface area contributed by atoms with E-state index in [0.29, 0.717) is 10.3 Å². The van der Waals surface area contributed by atoms with Crippen LogP contribution < -0.4 is 4.74 Å². The third-order valence-corrected chi connectivity index (χ3v) is 2.48. The summed E-state index contributed by atoms with van der Waals surface area (Å²) in [5.74, 6) is 0.120. The summed E-state index contributed by atoms with van der Waals surface area (Å²) in [5, 5.41) is 0. The molecule has 1 N–H and O–H groups in total. The Hall–Kier alpha value is -1.43. The van der Waals surface area contributed by atoms with Crippen molar-refractivity contribution in [1.82, 2.24) is 9.55 Å². The molecule has 0 saturated heterocycles. The van der Waals surface area contributed by atoms with Gasteiger partial charge in [0.25, 0.3) is 0 Å². The first kappa shape index (κ1) is 10.1. The van der Waals surface area contributed by atoms with E-state index < -0.39 is 6.61 Å². The van der Waals surface area contributed by atoms with Gasteiger partial charge in [0.1, 0.15) is 5.75 Å². The molecule has 1 aromatic carbocycles. The van der Waals surface area contributed by atoms with E-state index in [1.165, 1.54) is 12.1 Å². The van der Waals surface area contributed by atoms with Crippen LogP contribution in [0.1, 0.15) is 0 Å². The van der Waals surface area contributed by atoms with Crippen LogP contribution in [0.5, 0.6) is 5.75 Å². The Kier molecular flexibility index (Phi) is 2.44. The van der Waals surface area contributed by atoms with Crippen molar-refractivity contribution in [3.8, 4) is 5.75 Å². The number of ether oxygens (including phenoxy) is 1. The number of aromatic amines is 1. The number of rotatable bonds is 2. The molecule has 80 valence electrons. The molecule has 2 aromatic rings. The SMILES string of the molecule is Cn1c(=S)[nH]c2cc(OC(F)F)ccc21. The molecule has 2 rings (SSSR count). The van der Waals surface area contributed by atoms with Crippen molar-refractivity contribution in [2.24, 2.45) is 7.05 Å². The topological polar surface area (TPSA) is 29.9 Å². The summed E-state index contributed by atoms with van der Waals surface area (Å²) in [7, 11) is 1.80. The zero-order valence-corrected chi connectivity index (χ0v) is 8.65. The molecular weight excluding hydrogens is 222 g/mol. The summed E-state index contributed by atoms with van der Waals surface area (Å²) < 4.78 is 30.5. The van der Waals surface area contributed by atoms with E-state index in [1.807, 2.05) is 0 Å². The van der Waals surface area contributed by atoms with Crippen LogP contribution in [0.2, 0.25) is 0 Å². The zero-order chi connectivity index (χ0) is 11.0. The number of alkyl halides is 2. The van der Waals surface area contributed by atoms with Gasteiger partial charge in [-0.2, -0.15) is 8.78 Å². The molecule has 0 fully saturated rings. The van der Waals surface area contributed by atoms with E-state index >= 15 is 0 Å². The number of fused-ring (bicyclic) bond motifs is 1. The predicted octanol–water partition coefficient (Wildman–Crippen LogP) is 2.84. The minimum atomic E-state index is -2.81. The first-order valence-corrected chi connectivity index (χ1v) is 4.62. The molecule has 0 unspecified atom stereocenters. The number of aromatic nitrogens is 2. The third kappa shape index (κ3) is 1.85. The number of imidazole rings is 1. The molecule has 0 spiro atoms. The number of nitrogens with one attached hydrogen (secondary N) is 1. The Morgan fingerprint density at radius 2 is 2.20 bits per heavy atom. The molecular formula is C9H8F2N2OS. The zero-order valence-electron chi connectivity index (χ0n) is 7.83. The van der Waals surface area contributed by atoms with Crippen molar-refractivity contribution in [3.05, 3.63) is 23.0 Å². The van der Waals surface area contributed by atoms with E-state index in [1.54, 1.807) is 17.7 Å². The maximum absolute atomic E-state index is 11.9. The number of hydrogen-bond acceptors (Lipinski definition) is 2. The number of hydrogen-bond donors (Lipinski definition) is 1. The molecule has 0 aliphatic rings. The lowest BCUT2D eigenvalue weighted by molar-refractivity contribution is -0.0497. The van der Waals surface area contributed by atoms with Crippen LogP contribution in [0.15, 0.2) is 18.2 Å². The Morgan fingerprint density at radius 1 is 1.47 bits per heavy atom. The molecule has 1 heterocycles. The second kappa shape index (κ2) is 3.62. The van der Waals surface area contributed by atoms with Crippen LogP contribution in [0.4, 0.5) is 8.78 Å². The summed E-state index contributed by atoms with van der Waals surface area (Å²) in [6, 6.07) is 4.66. The lowest BCUT2D eigenvalue weighted by Crippen LogP contribution is -2.01. The lowest BCUT2D eigenvalue weighted by atomic mass is 10.3. The minimum absolute atomic E-state index is 0.120. The summed E-state index contributed by atoms with van der Waals surface area (Å²) in [6.45, 7) is -2.81. The molecule has 1 aromatic heterocycles. The predicted molar refractivity (Wildman–Crippen MR) is 54.7 cm³/mol. The number of aryl methyl sites for hydroxylation is 1. The number of benzene rings is 1. The van der Waals surface area contributed by atoms with Crippen molar-refractivity contribution < 1.29 is 13.5 Å². The average Bonchev–Trinajstić information content (AvgIpc) is 2.41. The van der Waals surface area contributed by atoms with Crippen molar-refractivity contribution in [3.63, 3.8) is 0 Å². The van der Waals surface area contributed by atoms with Gasteiger partial charge in [0.15, 0.2) is 4.77 Å². The van der Waals surface area contributed by atoms with Gasteiger partial charge < -0.3 is 14.3 Å². The summed E-state index contributed by atoms with van der Waals surface area (Å²) in [6.07, 6.45) is 0. The molecule has 6 heteroatoms. The Morgan fingerprint density at radius 3 is 2.87 bits per heavy atom. The molecule has 15 heavy (non-hydrogen) atoms. The van der Waals surface area contributed by atoms with Crippen LogP contribution in [-0.4, -0.2) is 16.2 Å². The van der Waals surface area contributed by atoms with E-state index in [2.05, 4.69) is 9.72 Å². The highest BCUT2D eigenvalue weighted by atomic mass is 32.1.